The minimum Gasteiger partial charge on any atom is -0.489 e. The number of ether oxygens (including phenoxy) is 1. The molecule has 0 aliphatic heterocycles. The predicted octanol–water partition coefficient (Wildman–Crippen LogP) is 6.12. The van der Waals surface area contributed by atoms with E-state index in [1.807, 2.05) is 36.4 Å². The van der Waals surface area contributed by atoms with Gasteiger partial charge in [-0.15, -0.1) is 0 Å². The zero-order valence-corrected chi connectivity index (χ0v) is 15.6. The van der Waals surface area contributed by atoms with Gasteiger partial charge in [-0.25, -0.2) is 0 Å². The lowest BCUT2D eigenvalue weighted by Crippen LogP contribution is -2.29. The Labute approximate surface area is 156 Å². The molecule has 0 unspecified atom stereocenters. The van der Waals surface area contributed by atoms with Crippen LogP contribution < -0.4 is 10.1 Å². The van der Waals surface area contributed by atoms with E-state index in [9.17, 15) is 0 Å². The third-order valence-corrected chi connectivity index (χ3v) is 5.18. The van der Waals surface area contributed by atoms with Gasteiger partial charge in [-0.05, 0) is 36.6 Å². The summed E-state index contributed by atoms with van der Waals surface area (Å²) in [6.45, 7) is 1.40. The van der Waals surface area contributed by atoms with E-state index in [4.69, 9.17) is 16.3 Å². The summed E-state index contributed by atoms with van der Waals surface area (Å²) in [4.78, 5) is 0. The maximum atomic E-state index is 6.22. The Kier molecular flexibility index (Phi) is 7.20. The fourth-order valence-corrected chi connectivity index (χ4v) is 3.67. The van der Waals surface area contributed by atoms with Crippen molar-refractivity contribution in [1.82, 2.24) is 5.32 Å². The van der Waals surface area contributed by atoms with Gasteiger partial charge in [0.1, 0.15) is 12.4 Å². The second kappa shape index (κ2) is 9.84. The van der Waals surface area contributed by atoms with E-state index in [-0.39, 0.29) is 0 Å². The summed E-state index contributed by atoms with van der Waals surface area (Å²) in [6, 6.07) is 16.8. The SMILES string of the molecule is Clc1ccc(OCc2ccccc2)c(CNC2CCCCCCC2)c1. The van der Waals surface area contributed by atoms with E-state index >= 15 is 0 Å². The first-order chi connectivity index (χ1) is 12.3. The molecule has 3 heteroatoms. The number of hydrogen-bond acceptors (Lipinski definition) is 2. The molecule has 1 aliphatic rings. The van der Waals surface area contributed by atoms with Gasteiger partial charge < -0.3 is 10.1 Å². The molecule has 0 amide bonds. The molecule has 1 fully saturated rings. The van der Waals surface area contributed by atoms with Crippen molar-refractivity contribution in [3.8, 4) is 5.75 Å². The molecule has 0 radical (unpaired) electrons. The van der Waals surface area contributed by atoms with Gasteiger partial charge in [-0.1, -0.05) is 74.0 Å². The normalized spacial score (nSPS) is 16.2. The summed E-state index contributed by atoms with van der Waals surface area (Å²) in [7, 11) is 0. The third kappa shape index (κ3) is 6.05. The van der Waals surface area contributed by atoms with Crippen molar-refractivity contribution >= 4 is 11.6 Å². The number of benzene rings is 2. The van der Waals surface area contributed by atoms with E-state index in [1.54, 1.807) is 0 Å². The average molecular weight is 358 g/mol. The zero-order chi connectivity index (χ0) is 17.3. The molecule has 2 nitrogen and oxygen atoms in total. The summed E-state index contributed by atoms with van der Waals surface area (Å²) in [5, 5.41) is 4.50. The first kappa shape index (κ1) is 18.3. The Morgan fingerprint density at radius 1 is 0.920 bits per heavy atom. The van der Waals surface area contributed by atoms with Crippen LogP contribution in [0.15, 0.2) is 48.5 Å². The second-order valence-electron chi connectivity index (χ2n) is 6.95. The van der Waals surface area contributed by atoms with E-state index in [0.717, 1.165) is 22.9 Å². The Morgan fingerprint density at radius 2 is 1.64 bits per heavy atom. The molecule has 1 saturated carbocycles. The summed E-state index contributed by atoms with van der Waals surface area (Å²) >= 11 is 6.22. The van der Waals surface area contributed by atoms with Crippen LogP contribution in [0.25, 0.3) is 0 Å². The second-order valence-corrected chi connectivity index (χ2v) is 7.39. The number of rotatable bonds is 6. The van der Waals surface area contributed by atoms with Crippen molar-refractivity contribution < 1.29 is 4.74 Å². The van der Waals surface area contributed by atoms with Crippen LogP contribution in [0.2, 0.25) is 5.02 Å². The summed E-state index contributed by atoms with van der Waals surface area (Å²) in [6.07, 6.45) is 9.39. The molecule has 0 bridgehead atoms. The molecule has 1 aliphatic carbocycles. The van der Waals surface area contributed by atoms with Gasteiger partial charge in [0.05, 0.1) is 0 Å². The lowest BCUT2D eigenvalue weighted by molar-refractivity contribution is 0.300. The van der Waals surface area contributed by atoms with Crippen molar-refractivity contribution in [3.05, 3.63) is 64.7 Å². The lowest BCUT2D eigenvalue weighted by Gasteiger charge is -2.22. The van der Waals surface area contributed by atoms with E-state index in [0.29, 0.717) is 12.6 Å². The Morgan fingerprint density at radius 3 is 2.40 bits per heavy atom. The summed E-state index contributed by atoms with van der Waals surface area (Å²) in [5.74, 6) is 0.923. The van der Waals surface area contributed by atoms with Gasteiger partial charge in [-0.2, -0.15) is 0 Å². The van der Waals surface area contributed by atoms with Gasteiger partial charge in [0.25, 0.3) is 0 Å². The largest absolute Gasteiger partial charge is 0.489 e. The van der Waals surface area contributed by atoms with Crippen molar-refractivity contribution in [2.45, 2.75) is 64.1 Å². The molecule has 1 N–H and O–H groups in total. The summed E-state index contributed by atoms with van der Waals surface area (Å²) in [5.41, 5.74) is 2.32. The maximum Gasteiger partial charge on any atom is 0.124 e. The predicted molar refractivity (Wildman–Crippen MR) is 105 cm³/mol. The van der Waals surface area contributed by atoms with Crippen LogP contribution in [0.4, 0.5) is 0 Å². The molecule has 134 valence electrons. The first-order valence-electron chi connectivity index (χ1n) is 9.50. The molecule has 0 spiro atoms. The van der Waals surface area contributed by atoms with Crippen LogP contribution >= 0.6 is 11.6 Å². The van der Waals surface area contributed by atoms with Gasteiger partial charge in [0, 0.05) is 23.2 Å². The molecule has 3 rings (SSSR count). The molecule has 0 saturated heterocycles. The Balaban J connectivity index is 1.60. The minimum absolute atomic E-state index is 0.582. The van der Waals surface area contributed by atoms with Gasteiger partial charge in [-0.3, -0.25) is 0 Å². The highest BCUT2D eigenvalue weighted by molar-refractivity contribution is 6.30. The van der Waals surface area contributed by atoms with E-state index in [2.05, 4.69) is 17.4 Å². The van der Waals surface area contributed by atoms with Crippen molar-refractivity contribution in [2.24, 2.45) is 0 Å². The van der Waals surface area contributed by atoms with Gasteiger partial charge in [0.15, 0.2) is 0 Å². The van der Waals surface area contributed by atoms with Crippen LogP contribution in [0.5, 0.6) is 5.75 Å². The molecule has 0 atom stereocenters. The number of halogens is 1. The first-order valence-corrected chi connectivity index (χ1v) is 9.87. The molecular formula is C22H28ClNO. The Bertz CT molecular complexity index is 636. The van der Waals surface area contributed by atoms with Gasteiger partial charge in [0.2, 0.25) is 0 Å². The Hall–Kier alpha value is -1.51. The quantitative estimate of drug-likeness (QED) is 0.672. The van der Waals surface area contributed by atoms with Crippen LogP contribution in [-0.2, 0) is 13.2 Å². The topological polar surface area (TPSA) is 21.3 Å². The smallest absolute Gasteiger partial charge is 0.124 e. The highest BCUT2D eigenvalue weighted by Gasteiger charge is 2.12. The molecular weight excluding hydrogens is 330 g/mol. The number of hydrogen-bond donors (Lipinski definition) is 1. The fraction of sp³-hybridized carbons (Fsp3) is 0.455. The average Bonchev–Trinajstić information content (AvgIpc) is 2.61. The molecule has 2 aromatic carbocycles. The molecule has 0 heterocycles. The van der Waals surface area contributed by atoms with Crippen molar-refractivity contribution in [2.75, 3.05) is 0 Å². The fourth-order valence-electron chi connectivity index (χ4n) is 3.48. The molecule has 25 heavy (non-hydrogen) atoms. The minimum atomic E-state index is 0.582. The monoisotopic (exact) mass is 357 g/mol. The van der Waals surface area contributed by atoms with Gasteiger partial charge >= 0.3 is 0 Å². The van der Waals surface area contributed by atoms with Crippen molar-refractivity contribution in [1.29, 1.82) is 0 Å². The van der Waals surface area contributed by atoms with Crippen LogP contribution in [-0.4, -0.2) is 6.04 Å². The van der Waals surface area contributed by atoms with E-state index in [1.165, 1.54) is 50.5 Å². The highest BCUT2D eigenvalue weighted by atomic mass is 35.5. The van der Waals surface area contributed by atoms with E-state index < -0.39 is 0 Å². The standard InChI is InChI=1S/C22H28ClNO/c23-20-13-14-22(25-17-18-9-5-4-6-10-18)19(15-20)16-24-21-11-7-2-1-3-8-12-21/h4-6,9-10,13-15,21,24H,1-3,7-8,11-12,16-17H2. The highest BCUT2D eigenvalue weighted by Crippen LogP contribution is 2.25. The van der Waals surface area contributed by atoms with Crippen LogP contribution in [0.3, 0.4) is 0 Å². The maximum absolute atomic E-state index is 6.22. The summed E-state index contributed by atoms with van der Waals surface area (Å²) < 4.78 is 6.06. The number of nitrogens with one attached hydrogen (secondary N) is 1. The molecule has 0 aromatic heterocycles. The lowest BCUT2D eigenvalue weighted by atomic mass is 9.96. The molecule has 2 aromatic rings. The third-order valence-electron chi connectivity index (χ3n) is 4.95. The van der Waals surface area contributed by atoms with Crippen molar-refractivity contribution in [3.63, 3.8) is 0 Å². The zero-order valence-electron chi connectivity index (χ0n) is 14.8. The van der Waals surface area contributed by atoms with Crippen LogP contribution in [0, 0.1) is 0 Å². The van der Waals surface area contributed by atoms with Crippen LogP contribution in [0.1, 0.15) is 56.1 Å².